The number of nitrogens with one attached hydrogen (secondary N) is 1. The maximum absolute atomic E-state index is 5.50. The van der Waals surface area contributed by atoms with E-state index >= 15 is 0 Å². The molecule has 3 N–H and O–H groups in total. The summed E-state index contributed by atoms with van der Waals surface area (Å²) in [5.74, 6) is 3.64. The van der Waals surface area contributed by atoms with E-state index in [2.05, 4.69) is 15.3 Å². The van der Waals surface area contributed by atoms with Crippen LogP contribution in [0.15, 0.2) is 12.3 Å². The van der Waals surface area contributed by atoms with Crippen LogP contribution >= 0.6 is 11.8 Å². The smallest absolute Gasteiger partial charge is 0.221 e. The van der Waals surface area contributed by atoms with Crippen LogP contribution in [0, 0.1) is 0 Å². The SMILES string of the molecule is Nc1nccc(NC2CCSCC2)n1. The molecule has 4 nitrogen and oxygen atoms in total. The van der Waals surface area contributed by atoms with Crippen LogP contribution in [0.25, 0.3) is 0 Å². The summed E-state index contributed by atoms with van der Waals surface area (Å²) in [6.07, 6.45) is 4.09. The standard InChI is InChI=1S/C9H14N4S/c10-9-11-4-1-8(13-9)12-7-2-5-14-6-3-7/h1,4,7H,2-3,5-6H2,(H3,10,11,12,13). The Hall–Kier alpha value is -0.970. The third-order valence-corrected chi connectivity index (χ3v) is 3.30. The van der Waals surface area contributed by atoms with Crippen LogP contribution in [0.5, 0.6) is 0 Å². The first-order chi connectivity index (χ1) is 6.84. The zero-order valence-corrected chi connectivity index (χ0v) is 8.76. The summed E-state index contributed by atoms with van der Waals surface area (Å²) in [6.45, 7) is 0. The molecule has 1 saturated heterocycles. The predicted molar refractivity (Wildman–Crippen MR) is 60.4 cm³/mol. The molecule has 2 rings (SSSR count). The van der Waals surface area contributed by atoms with Gasteiger partial charge in [-0.3, -0.25) is 0 Å². The molecule has 0 atom stereocenters. The van der Waals surface area contributed by atoms with Gasteiger partial charge in [-0.2, -0.15) is 16.7 Å². The van der Waals surface area contributed by atoms with Gasteiger partial charge in [0.1, 0.15) is 5.82 Å². The van der Waals surface area contributed by atoms with Gasteiger partial charge in [0.2, 0.25) is 5.95 Å². The number of thioether (sulfide) groups is 1. The molecule has 1 aliphatic heterocycles. The average molecular weight is 210 g/mol. The van der Waals surface area contributed by atoms with Gasteiger partial charge in [0.15, 0.2) is 0 Å². The Labute approximate surface area is 87.7 Å². The maximum Gasteiger partial charge on any atom is 0.221 e. The summed E-state index contributed by atoms with van der Waals surface area (Å²) in [5.41, 5.74) is 5.50. The molecule has 14 heavy (non-hydrogen) atoms. The van der Waals surface area contributed by atoms with Gasteiger partial charge in [-0.15, -0.1) is 0 Å². The van der Waals surface area contributed by atoms with E-state index in [1.54, 1.807) is 6.20 Å². The fourth-order valence-electron chi connectivity index (χ4n) is 1.51. The van der Waals surface area contributed by atoms with E-state index in [0.29, 0.717) is 12.0 Å². The van der Waals surface area contributed by atoms with Crippen molar-refractivity contribution < 1.29 is 0 Å². The van der Waals surface area contributed by atoms with E-state index in [9.17, 15) is 0 Å². The Kier molecular flexibility index (Phi) is 3.08. The minimum Gasteiger partial charge on any atom is -0.368 e. The summed E-state index contributed by atoms with van der Waals surface area (Å²) >= 11 is 2.01. The maximum atomic E-state index is 5.50. The van der Waals surface area contributed by atoms with Gasteiger partial charge < -0.3 is 11.1 Å². The zero-order valence-electron chi connectivity index (χ0n) is 7.94. The largest absolute Gasteiger partial charge is 0.368 e. The molecule has 1 aliphatic rings. The van der Waals surface area contributed by atoms with Gasteiger partial charge in [-0.25, -0.2) is 4.98 Å². The lowest BCUT2D eigenvalue weighted by atomic mass is 10.1. The van der Waals surface area contributed by atoms with Gasteiger partial charge >= 0.3 is 0 Å². The van der Waals surface area contributed by atoms with Gasteiger partial charge in [0, 0.05) is 12.2 Å². The third kappa shape index (κ3) is 2.51. The topological polar surface area (TPSA) is 63.8 Å². The molecule has 0 radical (unpaired) electrons. The fraction of sp³-hybridized carbons (Fsp3) is 0.556. The van der Waals surface area contributed by atoms with Crippen molar-refractivity contribution in [1.82, 2.24) is 9.97 Å². The molecule has 0 bridgehead atoms. The molecule has 0 saturated carbocycles. The Bertz CT molecular complexity index is 299. The van der Waals surface area contributed by atoms with Gasteiger partial charge in [0.05, 0.1) is 0 Å². The van der Waals surface area contributed by atoms with Crippen LogP contribution in [0.1, 0.15) is 12.8 Å². The molecule has 5 heteroatoms. The minimum atomic E-state index is 0.334. The highest BCUT2D eigenvalue weighted by Crippen LogP contribution is 2.19. The quantitative estimate of drug-likeness (QED) is 0.771. The fourth-order valence-corrected chi connectivity index (χ4v) is 2.61. The monoisotopic (exact) mass is 210 g/mol. The van der Waals surface area contributed by atoms with Crippen molar-refractivity contribution in [2.75, 3.05) is 22.6 Å². The highest BCUT2D eigenvalue weighted by Gasteiger charge is 2.13. The second-order valence-electron chi connectivity index (χ2n) is 3.33. The second kappa shape index (κ2) is 4.50. The normalized spacial score (nSPS) is 18.0. The lowest BCUT2D eigenvalue weighted by Crippen LogP contribution is -2.25. The van der Waals surface area contributed by atoms with Crippen molar-refractivity contribution in [1.29, 1.82) is 0 Å². The number of hydrogen-bond donors (Lipinski definition) is 2. The second-order valence-corrected chi connectivity index (χ2v) is 4.56. The minimum absolute atomic E-state index is 0.334. The number of rotatable bonds is 2. The van der Waals surface area contributed by atoms with E-state index in [1.165, 1.54) is 24.3 Å². The molecule has 2 heterocycles. The Morgan fingerprint density at radius 2 is 2.21 bits per heavy atom. The molecule has 0 unspecified atom stereocenters. The number of nitrogens with two attached hydrogens (primary N) is 1. The van der Waals surface area contributed by atoms with Crippen molar-refractivity contribution in [2.24, 2.45) is 0 Å². The van der Waals surface area contributed by atoms with Gasteiger partial charge in [0.25, 0.3) is 0 Å². The Balaban J connectivity index is 1.95. The van der Waals surface area contributed by atoms with Crippen molar-refractivity contribution in [3.8, 4) is 0 Å². The van der Waals surface area contributed by atoms with Crippen molar-refractivity contribution >= 4 is 23.5 Å². The number of nitrogens with zero attached hydrogens (tertiary/aromatic N) is 2. The highest BCUT2D eigenvalue weighted by atomic mass is 32.2. The Morgan fingerprint density at radius 3 is 2.93 bits per heavy atom. The number of nitrogen functional groups attached to an aromatic ring is 1. The molecular formula is C9H14N4S. The molecule has 0 aromatic carbocycles. The van der Waals surface area contributed by atoms with Crippen LogP contribution in [0.2, 0.25) is 0 Å². The number of hydrogen-bond acceptors (Lipinski definition) is 5. The molecule has 1 aromatic heterocycles. The first-order valence-electron chi connectivity index (χ1n) is 4.77. The van der Waals surface area contributed by atoms with E-state index in [-0.39, 0.29) is 0 Å². The van der Waals surface area contributed by atoms with E-state index in [1.807, 2.05) is 17.8 Å². The molecule has 1 aromatic rings. The van der Waals surface area contributed by atoms with E-state index in [4.69, 9.17) is 5.73 Å². The molecular weight excluding hydrogens is 196 g/mol. The lowest BCUT2D eigenvalue weighted by Gasteiger charge is -2.22. The van der Waals surface area contributed by atoms with Crippen LogP contribution in [0.3, 0.4) is 0 Å². The number of aromatic nitrogens is 2. The summed E-state index contributed by atoms with van der Waals surface area (Å²) in [7, 11) is 0. The molecule has 0 amide bonds. The van der Waals surface area contributed by atoms with Crippen molar-refractivity contribution in [3.63, 3.8) is 0 Å². The summed E-state index contributed by atoms with van der Waals surface area (Å²) in [5, 5.41) is 3.38. The van der Waals surface area contributed by atoms with Crippen LogP contribution in [0.4, 0.5) is 11.8 Å². The first kappa shape index (κ1) is 9.58. The summed E-state index contributed by atoms with van der Waals surface area (Å²) in [4.78, 5) is 7.97. The first-order valence-corrected chi connectivity index (χ1v) is 5.93. The van der Waals surface area contributed by atoms with E-state index in [0.717, 1.165) is 5.82 Å². The van der Waals surface area contributed by atoms with Crippen molar-refractivity contribution in [2.45, 2.75) is 18.9 Å². The molecule has 0 aliphatic carbocycles. The molecule has 76 valence electrons. The van der Waals surface area contributed by atoms with E-state index < -0.39 is 0 Å². The highest BCUT2D eigenvalue weighted by molar-refractivity contribution is 7.99. The Morgan fingerprint density at radius 1 is 1.43 bits per heavy atom. The summed E-state index contributed by atoms with van der Waals surface area (Å²) < 4.78 is 0. The lowest BCUT2D eigenvalue weighted by molar-refractivity contribution is 0.663. The van der Waals surface area contributed by atoms with Crippen LogP contribution < -0.4 is 11.1 Å². The molecule has 0 spiro atoms. The predicted octanol–water partition coefficient (Wildman–Crippen LogP) is 1.37. The number of anilines is 2. The zero-order chi connectivity index (χ0) is 9.80. The van der Waals surface area contributed by atoms with Gasteiger partial charge in [-0.1, -0.05) is 0 Å². The average Bonchev–Trinajstić information content (AvgIpc) is 2.19. The van der Waals surface area contributed by atoms with Gasteiger partial charge in [-0.05, 0) is 30.4 Å². The summed E-state index contributed by atoms with van der Waals surface area (Å²) in [6, 6.07) is 2.41. The third-order valence-electron chi connectivity index (χ3n) is 2.25. The van der Waals surface area contributed by atoms with Crippen LogP contribution in [-0.4, -0.2) is 27.5 Å². The van der Waals surface area contributed by atoms with Crippen LogP contribution in [-0.2, 0) is 0 Å². The molecule has 1 fully saturated rings. The van der Waals surface area contributed by atoms with Crippen molar-refractivity contribution in [3.05, 3.63) is 12.3 Å².